The molecule has 2 N–H and O–H groups in total. The fraction of sp³-hybridized carbons (Fsp3) is 0.400. The van der Waals surface area contributed by atoms with Crippen molar-refractivity contribution in [3.8, 4) is 0 Å². The van der Waals surface area contributed by atoms with Crippen molar-refractivity contribution >= 4 is 5.69 Å². The van der Waals surface area contributed by atoms with Crippen LogP contribution in [0, 0.1) is 0 Å². The third-order valence-electron chi connectivity index (χ3n) is 3.96. The highest BCUT2D eigenvalue weighted by Gasteiger charge is 2.28. The van der Waals surface area contributed by atoms with Gasteiger partial charge in [-0.05, 0) is 24.6 Å². The topological polar surface area (TPSA) is 47.1 Å². The van der Waals surface area contributed by atoms with Gasteiger partial charge in [-0.1, -0.05) is 18.2 Å². The molecule has 0 fully saturated rings. The summed E-state index contributed by atoms with van der Waals surface area (Å²) in [6.07, 6.45) is 3.64. The van der Waals surface area contributed by atoms with Gasteiger partial charge >= 0.3 is 6.55 Å². The quantitative estimate of drug-likeness (QED) is 0.921. The molecule has 0 amide bonds. The van der Waals surface area contributed by atoms with Crippen LogP contribution in [0.1, 0.15) is 30.3 Å². The average Bonchev–Trinajstić information content (AvgIpc) is 3.06. The molecule has 1 atom stereocenters. The molecule has 21 heavy (non-hydrogen) atoms. The van der Waals surface area contributed by atoms with Crippen LogP contribution in [-0.2, 0) is 6.54 Å². The van der Waals surface area contributed by atoms with Crippen molar-refractivity contribution in [2.75, 3.05) is 18.0 Å². The Balaban J connectivity index is 1.85. The molecular weight excluding hydrogens is 274 g/mol. The van der Waals surface area contributed by atoms with Gasteiger partial charge in [0.25, 0.3) is 0 Å². The van der Waals surface area contributed by atoms with Gasteiger partial charge in [-0.3, -0.25) is 4.57 Å². The van der Waals surface area contributed by atoms with E-state index in [1.807, 2.05) is 18.2 Å². The first-order valence-corrected chi connectivity index (χ1v) is 7.04. The van der Waals surface area contributed by atoms with Gasteiger partial charge in [-0.2, -0.15) is 8.78 Å². The van der Waals surface area contributed by atoms with Gasteiger partial charge in [0.1, 0.15) is 5.82 Å². The van der Waals surface area contributed by atoms with Gasteiger partial charge in [-0.15, -0.1) is 0 Å². The third kappa shape index (κ3) is 2.63. The predicted molar refractivity (Wildman–Crippen MR) is 77.4 cm³/mol. The van der Waals surface area contributed by atoms with Gasteiger partial charge < -0.3 is 10.6 Å². The van der Waals surface area contributed by atoms with E-state index in [1.165, 1.54) is 18.0 Å². The minimum Gasteiger partial charge on any atom is -0.363 e. The number of rotatable bonds is 5. The fourth-order valence-electron chi connectivity index (χ4n) is 3.00. The Morgan fingerprint density at radius 1 is 1.33 bits per heavy atom. The van der Waals surface area contributed by atoms with E-state index in [4.69, 9.17) is 5.73 Å². The summed E-state index contributed by atoms with van der Waals surface area (Å²) in [5.41, 5.74) is 8.02. The van der Waals surface area contributed by atoms with Crippen molar-refractivity contribution in [1.82, 2.24) is 9.55 Å². The highest BCUT2D eigenvalue weighted by Crippen LogP contribution is 2.38. The number of para-hydroxylation sites is 1. The molecule has 1 unspecified atom stereocenters. The number of nitrogens with zero attached hydrogens (tertiary/aromatic N) is 3. The van der Waals surface area contributed by atoms with Crippen molar-refractivity contribution in [3.05, 3.63) is 48.0 Å². The van der Waals surface area contributed by atoms with E-state index in [1.54, 1.807) is 0 Å². The summed E-state index contributed by atoms with van der Waals surface area (Å²) in [6, 6.07) is 8.10. The van der Waals surface area contributed by atoms with Crippen LogP contribution in [0.15, 0.2) is 36.7 Å². The second kappa shape index (κ2) is 5.81. The van der Waals surface area contributed by atoms with Crippen molar-refractivity contribution in [3.63, 3.8) is 0 Å². The minimum absolute atomic E-state index is 0.362. The Bertz CT molecular complexity index is 611. The second-order valence-corrected chi connectivity index (χ2v) is 5.24. The van der Waals surface area contributed by atoms with Gasteiger partial charge in [0.2, 0.25) is 0 Å². The largest absolute Gasteiger partial charge is 0.363 e. The van der Waals surface area contributed by atoms with Crippen molar-refractivity contribution in [2.45, 2.75) is 25.4 Å². The van der Waals surface area contributed by atoms with Crippen LogP contribution in [0.4, 0.5) is 14.5 Å². The first kappa shape index (κ1) is 14.0. The lowest BCUT2D eigenvalue weighted by Crippen LogP contribution is -2.24. The second-order valence-electron chi connectivity index (χ2n) is 5.24. The Kier molecular flexibility index (Phi) is 3.88. The molecule has 3 rings (SSSR count). The molecule has 2 aromatic rings. The third-order valence-corrected chi connectivity index (χ3v) is 3.96. The molecule has 1 aliphatic heterocycles. The molecule has 6 heteroatoms. The van der Waals surface area contributed by atoms with Gasteiger partial charge in [-0.25, -0.2) is 4.98 Å². The van der Waals surface area contributed by atoms with E-state index < -0.39 is 6.55 Å². The molecule has 0 saturated carbocycles. The lowest BCUT2D eigenvalue weighted by Gasteiger charge is -2.20. The molecule has 0 bridgehead atoms. The van der Waals surface area contributed by atoms with Gasteiger partial charge in [0, 0.05) is 30.5 Å². The zero-order chi connectivity index (χ0) is 14.8. The molecule has 1 aliphatic rings. The van der Waals surface area contributed by atoms with E-state index in [-0.39, 0.29) is 0 Å². The fourth-order valence-corrected chi connectivity index (χ4v) is 3.00. The smallest absolute Gasteiger partial charge is 0.319 e. The molecule has 0 aliphatic carbocycles. The maximum Gasteiger partial charge on any atom is 0.319 e. The van der Waals surface area contributed by atoms with Crippen LogP contribution in [0.25, 0.3) is 0 Å². The summed E-state index contributed by atoms with van der Waals surface area (Å²) in [5, 5.41) is 0. The van der Waals surface area contributed by atoms with E-state index in [0.29, 0.717) is 24.8 Å². The molecule has 112 valence electrons. The first-order valence-electron chi connectivity index (χ1n) is 7.04. The number of hydrogen-bond donors (Lipinski definition) is 1. The Labute approximate surface area is 122 Å². The van der Waals surface area contributed by atoms with Crippen molar-refractivity contribution in [1.29, 1.82) is 0 Å². The number of halogens is 2. The number of benzene rings is 1. The molecule has 4 nitrogen and oxygen atoms in total. The number of aromatic nitrogens is 2. The number of anilines is 1. The normalized spacial score (nSPS) is 17.5. The number of fused-ring (bicyclic) bond motifs is 1. The molecule has 1 aromatic carbocycles. The summed E-state index contributed by atoms with van der Waals surface area (Å²) >= 11 is 0. The molecule has 1 aromatic heterocycles. The zero-order valence-electron chi connectivity index (χ0n) is 11.6. The standard InChI is InChI=1S/C15H18F2N4/c16-15(17)21-8-7-19-14(21)10-20-9-11(5-6-18)12-3-1-2-4-13(12)20/h1-4,7-8,11,15H,5-6,9-10,18H2. The van der Waals surface area contributed by atoms with E-state index in [0.717, 1.165) is 23.2 Å². The predicted octanol–water partition coefficient (Wildman–Crippen LogP) is 2.73. The molecule has 0 saturated heterocycles. The van der Waals surface area contributed by atoms with Gasteiger partial charge in [0.05, 0.1) is 6.54 Å². The molecule has 0 radical (unpaired) electrons. The van der Waals surface area contributed by atoms with Crippen LogP contribution < -0.4 is 10.6 Å². The number of hydrogen-bond acceptors (Lipinski definition) is 3. The lowest BCUT2D eigenvalue weighted by molar-refractivity contribution is 0.0670. The SMILES string of the molecule is NCCC1CN(Cc2nccn2C(F)F)c2ccccc21. The van der Waals surface area contributed by atoms with Crippen LogP contribution in [-0.4, -0.2) is 22.6 Å². The monoisotopic (exact) mass is 292 g/mol. The van der Waals surface area contributed by atoms with Crippen LogP contribution in [0.5, 0.6) is 0 Å². The number of alkyl halides is 2. The summed E-state index contributed by atoms with van der Waals surface area (Å²) < 4.78 is 26.7. The van der Waals surface area contributed by atoms with Gasteiger partial charge in [0.15, 0.2) is 0 Å². The Morgan fingerprint density at radius 2 is 2.14 bits per heavy atom. The highest BCUT2D eigenvalue weighted by atomic mass is 19.3. The number of imidazole rings is 1. The summed E-state index contributed by atoms with van der Waals surface area (Å²) in [7, 11) is 0. The Morgan fingerprint density at radius 3 is 2.90 bits per heavy atom. The van der Waals surface area contributed by atoms with Crippen LogP contribution >= 0.6 is 0 Å². The van der Waals surface area contributed by atoms with E-state index >= 15 is 0 Å². The van der Waals surface area contributed by atoms with Crippen molar-refractivity contribution in [2.24, 2.45) is 5.73 Å². The van der Waals surface area contributed by atoms with Crippen molar-refractivity contribution < 1.29 is 8.78 Å². The minimum atomic E-state index is -2.56. The average molecular weight is 292 g/mol. The van der Waals surface area contributed by atoms with Crippen LogP contribution in [0.2, 0.25) is 0 Å². The maximum absolute atomic E-state index is 12.9. The molecule has 0 spiro atoms. The maximum atomic E-state index is 12.9. The molecule has 2 heterocycles. The highest BCUT2D eigenvalue weighted by molar-refractivity contribution is 5.60. The first-order chi connectivity index (χ1) is 10.2. The van der Waals surface area contributed by atoms with E-state index in [2.05, 4.69) is 16.0 Å². The number of nitrogens with two attached hydrogens (primary N) is 1. The lowest BCUT2D eigenvalue weighted by atomic mass is 9.98. The zero-order valence-corrected chi connectivity index (χ0v) is 11.6. The van der Waals surface area contributed by atoms with E-state index in [9.17, 15) is 8.78 Å². The summed E-state index contributed by atoms with van der Waals surface area (Å²) in [6.45, 7) is -0.749. The molecular formula is C15H18F2N4. The van der Waals surface area contributed by atoms with Crippen LogP contribution in [0.3, 0.4) is 0 Å². The summed E-state index contributed by atoms with van der Waals surface area (Å²) in [4.78, 5) is 6.17. The Hall–Kier alpha value is -1.95. The summed E-state index contributed by atoms with van der Waals surface area (Å²) in [5.74, 6) is 0.745.